The maximum absolute atomic E-state index is 10.6. The first kappa shape index (κ1) is 12.5. The topological polar surface area (TPSA) is 89.7 Å². The molecule has 6 nitrogen and oxygen atoms in total. The highest BCUT2D eigenvalue weighted by atomic mass is 31.1. The number of aryl methyl sites for hydroxylation is 1. The van der Waals surface area contributed by atoms with E-state index in [2.05, 4.69) is 0 Å². The van der Waals surface area contributed by atoms with Gasteiger partial charge in [0.1, 0.15) is 0 Å². The molecule has 1 aromatic rings. The number of hydrogen-bond donors (Lipinski definition) is 1. The van der Waals surface area contributed by atoms with Gasteiger partial charge in [-0.15, -0.1) is 0 Å². The molecule has 0 heterocycles. The molecule has 7 heteroatoms. The summed E-state index contributed by atoms with van der Waals surface area (Å²) in [5.41, 5.74) is 0.625. The smallest absolute Gasteiger partial charge is 0.490 e. The van der Waals surface area contributed by atoms with Crippen LogP contribution in [0.1, 0.15) is 5.56 Å². The Kier molecular flexibility index (Phi) is 4.34. The Morgan fingerprint density at radius 3 is 2.75 bits per heavy atom. The van der Waals surface area contributed by atoms with Gasteiger partial charge in [-0.25, -0.2) is 0 Å². The summed E-state index contributed by atoms with van der Waals surface area (Å²) in [6.07, 6.45) is 0.524. The second-order valence-electron chi connectivity index (χ2n) is 3.09. The Bertz CT molecular complexity index is 420. The molecule has 86 valence electrons. The van der Waals surface area contributed by atoms with Crippen molar-refractivity contribution in [1.82, 2.24) is 0 Å². The van der Waals surface area contributed by atoms with Crippen LogP contribution >= 0.6 is 8.03 Å². The number of nitro groups is 1. The van der Waals surface area contributed by atoms with Crippen molar-refractivity contribution >= 4 is 13.7 Å². The minimum absolute atomic E-state index is 0.111. The summed E-state index contributed by atoms with van der Waals surface area (Å²) in [6.45, 7) is 0. The van der Waals surface area contributed by atoms with Gasteiger partial charge in [0.15, 0.2) is 11.9 Å². The predicted molar refractivity (Wildman–Crippen MR) is 58.0 cm³/mol. The average Bonchev–Trinajstić information content (AvgIpc) is 2.25. The largest absolute Gasteiger partial charge is 0.505 e. The maximum atomic E-state index is 10.6. The van der Waals surface area contributed by atoms with Crippen LogP contribution in [0.5, 0.6) is 5.75 Å². The van der Waals surface area contributed by atoms with E-state index < -0.39 is 13.0 Å². The lowest BCUT2D eigenvalue weighted by atomic mass is 10.1. The molecule has 16 heavy (non-hydrogen) atoms. The van der Waals surface area contributed by atoms with Gasteiger partial charge in [0.2, 0.25) is 0 Å². The van der Waals surface area contributed by atoms with Crippen LogP contribution < -0.4 is 4.74 Å². The van der Waals surface area contributed by atoms with Gasteiger partial charge in [0.05, 0.1) is 12.0 Å². The molecule has 1 atom stereocenters. The summed E-state index contributed by atoms with van der Waals surface area (Å²) in [5.74, 6) is 0.163. The minimum atomic E-state index is -2.18. The molecule has 1 unspecified atom stereocenters. The Labute approximate surface area is 92.9 Å². The molecule has 1 N–H and O–H groups in total. The van der Waals surface area contributed by atoms with E-state index in [9.17, 15) is 14.7 Å². The van der Waals surface area contributed by atoms with Crippen molar-refractivity contribution < 1.29 is 19.1 Å². The Morgan fingerprint density at radius 2 is 2.25 bits per heavy atom. The van der Waals surface area contributed by atoms with Crippen LogP contribution in [0.2, 0.25) is 0 Å². The number of rotatable bonds is 5. The van der Waals surface area contributed by atoms with Crippen molar-refractivity contribution in [2.24, 2.45) is 0 Å². The summed E-state index contributed by atoms with van der Waals surface area (Å²) in [5, 5.41) is 10.6. The molecule has 1 rings (SSSR count). The zero-order valence-corrected chi connectivity index (χ0v) is 9.52. The molecule has 0 saturated carbocycles. The van der Waals surface area contributed by atoms with E-state index >= 15 is 0 Å². The van der Waals surface area contributed by atoms with Crippen molar-refractivity contribution in [3.63, 3.8) is 0 Å². The molecule has 0 amide bonds. The van der Waals surface area contributed by atoms with E-state index in [-0.39, 0.29) is 17.6 Å². The highest BCUT2D eigenvalue weighted by Gasteiger charge is 2.16. The van der Waals surface area contributed by atoms with Crippen LogP contribution in [-0.4, -0.2) is 23.1 Å². The fourth-order valence-electron chi connectivity index (χ4n) is 1.25. The fraction of sp³-hybridized carbons (Fsp3) is 0.333. The first-order valence-corrected chi connectivity index (χ1v) is 5.89. The highest BCUT2D eigenvalue weighted by molar-refractivity contribution is 7.37. The molecule has 0 aliphatic rings. The maximum Gasteiger partial charge on any atom is 0.505 e. The molecule has 0 bridgehead atoms. The first-order valence-electron chi connectivity index (χ1n) is 4.49. The van der Waals surface area contributed by atoms with E-state index in [1.165, 1.54) is 19.2 Å². The van der Waals surface area contributed by atoms with Crippen LogP contribution in [0.3, 0.4) is 0 Å². The molecule has 0 radical (unpaired) electrons. The third kappa shape index (κ3) is 3.25. The second kappa shape index (κ2) is 5.53. The van der Waals surface area contributed by atoms with E-state index in [1.54, 1.807) is 6.07 Å². The highest BCUT2D eigenvalue weighted by Crippen LogP contribution is 2.28. The van der Waals surface area contributed by atoms with E-state index in [1.807, 2.05) is 0 Å². The molecule has 0 aliphatic heterocycles. The molecular weight excluding hydrogens is 233 g/mol. The molecular formula is C9H11NO5P+. The van der Waals surface area contributed by atoms with Crippen LogP contribution in [0.4, 0.5) is 5.69 Å². The molecule has 1 aromatic carbocycles. The summed E-state index contributed by atoms with van der Waals surface area (Å²) >= 11 is 0. The Hall–Kier alpha value is -1.52. The standard InChI is InChI=1S/C9H10NO5P/c1-15-9-6-7(4-5-16(13)14)2-3-8(9)10(11)12/h2-3,6H,4-5H2,1H3/p+1. The normalized spacial score (nSPS) is 11.0. The van der Waals surface area contributed by atoms with Gasteiger partial charge >= 0.3 is 13.7 Å². The third-order valence-corrected chi connectivity index (χ3v) is 2.64. The van der Waals surface area contributed by atoms with Crippen LogP contribution in [0.15, 0.2) is 18.2 Å². The fourth-order valence-corrected chi connectivity index (χ4v) is 1.70. The number of nitro benzene ring substituents is 1. The van der Waals surface area contributed by atoms with E-state index in [0.29, 0.717) is 6.42 Å². The predicted octanol–water partition coefficient (Wildman–Crippen LogP) is 1.88. The van der Waals surface area contributed by atoms with Crippen molar-refractivity contribution in [2.75, 3.05) is 13.3 Å². The first-order chi connectivity index (χ1) is 7.54. The zero-order chi connectivity index (χ0) is 12.1. The molecule has 0 aliphatic carbocycles. The van der Waals surface area contributed by atoms with Crippen molar-refractivity contribution in [3.8, 4) is 5.75 Å². The Morgan fingerprint density at radius 1 is 1.56 bits per heavy atom. The van der Waals surface area contributed by atoms with Gasteiger partial charge in [0, 0.05) is 12.5 Å². The molecule has 0 fully saturated rings. The molecule has 0 aromatic heterocycles. The SMILES string of the molecule is COc1cc(CC[P+](=O)O)ccc1[N+](=O)[O-]. The van der Waals surface area contributed by atoms with Gasteiger partial charge in [-0.1, -0.05) is 6.07 Å². The molecule has 0 saturated heterocycles. The van der Waals surface area contributed by atoms with Crippen LogP contribution in [0, 0.1) is 10.1 Å². The van der Waals surface area contributed by atoms with Crippen molar-refractivity contribution in [3.05, 3.63) is 33.9 Å². The van der Waals surface area contributed by atoms with Gasteiger partial charge in [-0.3, -0.25) is 10.1 Å². The lowest BCUT2D eigenvalue weighted by molar-refractivity contribution is -0.385. The number of nitrogens with zero attached hydrogens (tertiary/aromatic N) is 1. The monoisotopic (exact) mass is 244 g/mol. The van der Waals surface area contributed by atoms with Crippen LogP contribution in [0.25, 0.3) is 0 Å². The summed E-state index contributed by atoms with van der Waals surface area (Å²) < 4.78 is 15.4. The van der Waals surface area contributed by atoms with Crippen molar-refractivity contribution in [1.29, 1.82) is 0 Å². The number of hydrogen-bond acceptors (Lipinski definition) is 4. The van der Waals surface area contributed by atoms with Gasteiger partial charge < -0.3 is 4.74 Å². The van der Waals surface area contributed by atoms with Crippen LogP contribution in [-0.2, 0) is 11.0 Å². The summed E-state index contributed by atoms with van der Waals surface area (Å²) in [7, 11) is -0.837. The number of benzene rings is 1. The van der Waals surface area contributed by atoms with Gasteiger partial charge in [-0.05, 0) is 16.2 Å². The van der Waals surface area contributed by atoms with E-state index in [4.69, 9.17) is 9.63 Å². The zero-order valence-electron chi connectivity index (χ0n) is 8.62. The lowest BCUT2D eigenvalue weighted by Crippen LogP contribution is -1.96. The van der Waals surface area contributed by atoms with Gasteiger partial charge in [-0.2, -0.15) is 4.89 Å². The quantitative estimate of drug-likeness (QED) is 0.485. The molecule has 0 spiro atoms. The Balaban J connectivity index is 2.90. The van der Waals surface area contributed by atoms with Crippen molar-refractivity contribution in [2.45, 2.75) is 6.42 Å². The average molecular weight is 244 g/mol. The minimum Gasteiger partial charge on any atom is -0.490 e. The third-order valence-electron chi connectivity index (χ3n) is 2.03. The van der Waals surface area contributed by atoms with E-state index in [0.717, 1.165) is 5.56 Å². The lowest BCUT2D eigenvalue weighted by Gasteiger charge is -2.03. The number of methoxy groups -OCH3 is 1. The second-order valence-corrected chi connectivity index (χ2v) is 4.24. The summed E-state index contributed by atoms with van der Waals surface area (Å²) in [6, 6.07) is 4.40. The summed E-state index contributed by atoms with van der Waals surface area (Å²) in [4.78, 5) is 18.7. The van der Waals surface area contributed by atoms with Gasteiger partial charge in [0.25, 0.3) is 0 Å². The number of ether oxygens (including phenoxy) is 1.